The van der Waals surface area contributed by atoms with Crippen molar-refractivity contribution >= 4 is 28.3 Å². The number of unbranched alkanes of at least 4 members (excludes halogenated alkanes) is 3. The van der Waals surface area contributed by atoms with E-state index in [-0.39, 0.29) is 5.56 Å². The van der Waals surface area contributed by atoms with Crippen LogP contribution < -0.4 is 19.6 Å². The molecule has 8 heteroatoms. The molecule has 0 spiro atoms. The molecule has 2 aromatic carbocycles. The predicted molar refractivity (Wildman–Crippen MR) is 129 cm³/mol. The van der Waals surface area contributed by atoms with Gasteiger partial charge in [-0.05, 0) is 42.8 Å². The van der Waals surface area contributed by atoms with Crippen LogP contribution in [-0.4, -0.2) is 27.2 Å². The van der Waals surface area contributed by atoms with Gasteiger partial charge >= 0.3 is 5.97 Å². The van der Waals surface area contributed by atoms with Crippen molar-refractivity contribution in [2.24, 2.45) is 0 Å². The van der Waals surface area contributed by atoms with E-state index >= 15 is 0 Å². The van der Waals surface area contributed by atoms with Crippen molar-refractivity contribution in [3.63, 3.8) is 0 Å². The Labute approximate surface area is 195 Å². The number of hydrogen-bond acceptors (Lipinski definition) is 7. The first-order valence-electron chi connectivity index (χ1n) is 11.0. The van der Waals surface area contributed by atoms with Crippen molar-refractivity contribution in [1.29, 1.82) is 0 Å². The van der Waals surface area contributed by atoms with Crippen LogP contribution in [0.2, 0.25) is 0 Å². The largest absolute Gasteiger partial charge is 0.494 e. The molecule has 170 valence electrons. The van der Waals surface area contributed by atoms with Crippen LogP contribution in [0.15, 0.2) is 53.3 Å². The molecule has 0 fully saturated rings. The third-order valence-corrected chi connectivity index (χ3v) is 5.98. The molecule has 0 bridgehead atoms. The average Bonchev–Trinajstić information content (AvgIpc) is 3.34. The van der Waals surface area contributed by atoms with Gasteiger partial charge in [0, 0.05) is 18.1 Å². The number of carbonyl (C=O) groups is 1. The maximum atomic E-state index is 12.9. The zero-order valence-corrected chi connectivity index (χ0v) is 19.4. The van der Waals surface area contributed by atoms with E-state index in [0.29, 0.717) is 33.2 Å². The first-order chi connectivity index (χ1) is 16.0. The molecule has 0 unspecified atom stereocenters. The number of nitrogens with zero attached hydrogens (tertiary/aromatic N) is 3. The van der Waals surface area contributed by atoms with Crippen LogP contribution in [-0.2, 0) is 4.79 Å². The van der Waals surface area contributed by atoms with Gasteiger partial charge < -0.3 is 9.47 Å². The number of para-hydroxylation sites is 1. The lowest BCUT2D eigenvalue weighted by Crippen LogP contribution is -2.23. The minimum absolute atomic E-state index is 0.265. The average molecular weight is 464 g/mol. The van der Waals surface area contributed by atoms with Crippen LogP contribution >= 0.6 is 11.3 Å². The predicted octanol–water partition coefficient (Wildman–Crippen LogP) is 4.25. The van der Waals surface area contributed by atoms with Crippen LogP contribution in [0.25, 0.3) is 22.4 Å². The second-order valence-corrected chi connectivity index (χ2v) is 8.62. The standard InChI is InChI=1S/C25H25N3O4S/c1-3-4-5-8-15-31-20-13-11-18(12-14-20)23-26-25-28(27-23)24(30)22(33-25)16-19-9-6-7-10-21(19)32-17(2)29/h6-7,9-14,16H,3-5,8,15H2,1-2H3/b22-16-. The Morgan fingerprint density at radius 2 is 1.88 bits per heavy atom. The number of ether oxygens (including phenoxy) is 2. The van der Waals surface area contributed by atoms with Gasteiger partial charge in [-0.25, -0.2) is 0 Å². The van der Waals surface area contributed by atoms with E-state index in [0.717, 1.165) is 17.7 Å². The summed E-state index contributed by atoms with van der Waals surface area (Å²) in [5.41, 5.74) is 1.19. The molecule has 0 aliphatic carbocycles. The molecule has 0 saturated heterocycles. The minimum Gasteiger partial charge on any atom is -0.494 e. The molecule has 4 rings (SSSR count). The molecular formula is C25H25N3O4S. The topological polar surface area (TPSA) is 82.8 Å². The number of rotatable bonds is 9. The van der Waals surface area contributed by atoms with Gasteiger partial charge in [0.2, 0.25) is 4.96 Å². The highest BCUT2D eigenvalue weighted by Crippen LogP contribution is 2.22. The van der Waals surface area contributed by atoms with Crippen LogP contribution in [0.1, 0.15) is 45.1 Å². The van der Waals surface area contributed by atoms with E-state index in [1.165, 1.54) is 42.0 Å². The third-order valence-electron chi connectivity index (χ3n) is 5.02. The number of benzene rings is 2. The summed E-state index contributed by atoms with van der Waals surface area (Å²) in [7, 11) is 0. The van der Waals surface area contributed by atoms with Crippen LogP contribution in [0.5, 0.6) is 11.5 Å². The van der Waals surface area contributed by atoms with Crippen molar-refractivity contribution < 1.29 is 14.3 Å². The molecule has 0 radical (unpaired) electrons. The quantitative estimate of drug-likeness (QED) is 0.210. The Hall–Kier alpha value is -3.52. The smallest absolute Gasteiger partial charge is 0.308 e. The molecule has 0 N–H and O–H groups in total. The molecule has 4 aromatic rings. The highest BCUT2D eigenvalue weighted by Gasteiger charge is 2.13. The van der Waals surface area contributed by atoms with Crippen molar-refractivity contribution in [3.05, 3.63) is 69.0 Å². The van der Waals surface area contributed by atoms with Crippen LogP contribution in [0.3, 0.4) is 0 Å². The Bertz CT molecular complexity index is 1360. The maximum absolute atomic E-state index is 12.9. The monoisotopic (exact) mass is 463 g/mol. The van der Waals surface area contributed by atoms with Gasteiger partial charge in [-0.1, -0.05) is 55.7 Å². The van der Waals surface area contributed by atoms with Gasteiger partial charge in [0.1, 0.15) is 11.5 Å². The molecule has 0 saturated carbocycles. The molecule has 0 amide bonds. The summed E-state index contributed by atoms with van der Waals surface area (Å²) < 4.78 is 12.8. The Morgan fingerprint density at radius 3 is 2.61 bits per heavy atom. The fourth-order valence-electron chi connectivity index (χ4n) is 3.36. The van der Waals surface area contributed by atoms with Crippen molar-refractivity contribution in [1.82, 2.24) is 14.6 Å². The zero-order chi connectivity index (χ0) is 23.2. The number of carbonyl (C=O) groups excluding carboxylic acids is 1. The number of fused-ring (bicyclic) bond motifs is 1. The molecule has 2 heterocycles. The number of thiazole rings is 1. The molecule has 0 atom stereocenters. The summed E-state index contributed by atoms with van der Waals surface area (Å²) in [6, 6.07) is 14.6. The normalized spacial score (nSPS) is 11.8. The van der Waals surface area contributed by atoms with Crippen molar-refractivity contribution in [2.75, 3.05) is 6.61 Å². The number of aromatic nitrogens is 3. The van der Waals surface area contributed by atoms with E-state index in [1.807, 2.05) is 30.3 Å². The van der Waals surface area contributed by atoms with Crippen molar-refractivity contribution in [3.8, 4) is 22.9 Å². The van der Waals surface area contributed by atoms with E-state index in [9.17, 15) is 9.59 Å². The molecule has 33 heavy (non-hydrogen) atoms. The van der Waals surface area contributed by atoms with E-state index in [2.05, 4.69) is 17.0 Å². The Balaban J connectivity index is 1.54. The van der Waals surface area contributed by atoms with Crippen molar-refractivity contribution in [2.45, 2.75) is 39.5 Å². The number of esters is 1. The van der Waals surface area contributed by atoms with Gasteiger partial charge in [0.15, 0.2) is 5.82 Å². The molecule has 2 aromatic heterocycles. The first-order valence-corrected chi connectivity index (χ1v) is 11.8. The molecule has 0 aliphatic heterocycles. The summed E-state index contributed by atoms with van der Waals surface area (Å²) in [6.45, 7) is 4.23. The van der Waals surface area contributed by atoms with E-state index in [4.69, 9.17) is 9.47 Å². The summed E-state index contributed by atoms with van der Waals surface area (Å²) in [4.78, 5) is 29.2. The molecular weight excluding hydrogens is 438 g/mol. The highest BCUT2D eigenvalue weighted by molar-refractivity contribution is 7.15. The molecule has 0 aliphatic rings. The molecule has 7 nitrogen and oxygen atoms in total. The highest BCUT2D eigenvalue weighted by atomic mass is 32.1. The van der Waals surface area contributed by atoms with E-state index in [1.54, 1.807) is 24.3 Å². The fourth-order valence-corrected chi connectivity index (χ4v) is 4.26. The van der Waals surface area contributed by atoms with Crippen LogP contribution in [0.4, 0.5) is 0 Å². The van der Waals surface area contributed by atoms with Crippen LogP contribution in [0, 0.1) is 0 Å². The summed E-state index contributed by atoms with van der Waals surface area (Å²) in [5.74, 6) is 1.28. The van der Waals surface area contributed by atoms with Gasteiger partial charge in [-0.15, -0.1) is 5.10 Å². The van der Waals surface area contributed by atoms with Gasteiger partial charge in [-0.2, -0.15) is 9.50 Å². The summed E-state index contributed by atoms with van der Waals surface area (Å²) in [5, 5.41) is 4.40. The minimum atomic E-state index is -0.418. The van der Waals surface area contributed by atoms with Gasteiger partial charge in [0.05, 0.1) is 11.1 Å². The maximum Gasteiger partial charge on any atom is 0.308 e. The lowest BCUT2D eigenvalue weighted by atomic mass is 10.2. The second kappa shape index (κ2) is 10.4. The first kappa shape index (κ1) is 22.7. The fraction of sp³-hybridized carbons (Fsp3) is 0.280. The van der Waals surface area contributed by atoms with E-state index < -0.39 is 5.97 Å². The van der Waals surface area contributed by atoms with Gasteiger partial charge in [-0.3, -0.25) is 9.59 Å². The third kappa shape index (κ3) is 5.46. The zero-order valence-electron chi connectivity index (χ0n) is 18.6. The second-order valence-electron chi connectivity index (χ2n) is 7.61. The number of hydrogen-bond donors (Lipinski definition) is 0. The summed E-state index contributed by atoms with van der Waals surface area (Å²) >= 11 is 1.24. The Kier molecular flexibility index (Phi) is 7.14. The summed E-state index contributed by atoms with van der Waals surface area (Å²) in [6.07, 6.45) is 6.34. The lowest BCUT2D eigenvalue weighted by molar-refractivity contribution is -0.131. The SMILES string of the molecule is CCCCCCOc1ccc(-c2nc3s/c(=C\c4ccccc4OC(C)=O)c(=O)n3n2)cc1. The Morgan fingerprint density at radius 1 is 1.09 bits per heavy atom. The lowest BCUT2D eigenvalue weighted by Gasteiger charge is -2.06. The van der Waals surface area contributed by atoms with Gasteiger partial charge in [0.25, 0.3) is 5.56 Å².